The lowest BCUT2D eigenvalue weighted by Gasteiger charge is -2.37. The number of aliphatic hydroxyl groups excluding tert-OH is 1. The van der Waals surface area contributed by atoms with Crippen molar-refractivity contribution in [2.75, 3.05) is 13.7 Å². The lowest BCUT2D eigenvalue weighted by atomic mass is 9.75. The van der Waals surface area contributed by atoms with E-state index in [0.717, 1.165) is 38.5 Å². The molecule has 0 radical (unpaired) electrons. The van der Waals surface area contributed by atoms with E-state index >= 15 is 0 Å². The Morgan fingerprint density at radius 1 is 1.14 bits per heavy atom. The van der Waals surface area contributed by atoms with Gasteiger partial charge in [-0.25, -0.2) is 4.79 Å². The van der Waals surface area contributed by atoms with E-state index in [1.165, 1.54) is 12.8 Å². The first-order chi connectivity index (χ1) is 9.91. The number of nitrogens with one attached hydrogen (secondary N) is 1. The normalized spacial score (nSPS) is 29.9. The Labute approximate surface area is 129 Å². The summed E-state index contributed by atoms with van der Waals surface area (Å²) in [6.07, 6.45) is 8.71. The van der Waals surface area contributed by atoms with Crippen molar-refractivity contribution >= 4 is 6.03 Å². The van der Waals surface area contributed by atoms with Gasteiger partial charge in [0.25, 0.3) is 0 Å². The molecular formula is C17H32N2O2. The number of hydrogen-bond acceptors (Lipinski definition) is 2. The molecule has 0 bridgehead atoms. The summed E-state index contributed by atoms with van der Waals surface area (Å²) in [6.45, 7) is 4.92. The summed E-state index contributed by atoms with van der Waals surface area (Å²) in [5.74, 6) is 0.443. The molecule has 0 aromatic heterocycles. The predicted octanol–water partition coefficient (Wildman–Crippen LogP) is 3.15. The van der Waals surface area contributed by atoms with Crippen LogP contribution in [0.5, 0.6) is 0 Å². The molecule has 0 aromatic rings. The Morgan fingerprint density at radius 2 is 1.71 bits per heavy atom. The Hall–Kier alpha value is -0.770. The van der Waals surface area contributed by atoms with Crippen molar-refractivity contribution in [2.45, 2.75) is 77.3 Å². The molecule has 0 heterocycles. The molecule has 0 aliphatic heterocycles. The fourth-order valence-electron chi connectivity index (χ4n) is 3.70. The quantitative estimate of drug-likeness (QED) is 0.840. The van der Waals surface area contributed by atoms with Gasteiger partial charge in [-0.3, -0.25) is 0 Å². The van der Waals surface area contributed by atoms with Crippen LogP contribution in [0.25, 0.3) is 0 Å². The predicted molar refractivity (Wildman–Crippen MR) is 85.2 cm³/mol. The second-order valence-electron chi connectivity index (χ2n) is 7.86. The number of amides is 2. The standard InChI is InChI=1S/C17H32N2O2/c1-17(2)10-8-14(9-11-17)18-16(21)19(3)15-6-4-13(12-20)5-7-15/h13-15,20H,4-12H2,1-3H3,(H,18,21). The number of carbonyl (C=O) groups excluding carboxylic acids is 1. The maximum Gasteiger partial charge on any atom is 0.317 e. The van der Waals surface area contributed by atoms with Crippen molar-refractivity contribution in [3.8, 4) is 0 Å². The van der Waals surface area contributed by atoms with Crippen LogP contribution in [0.2, 0.25) is 0 Å². The molecular weight excluding hydrogens is 264 g/mol. The summed E-state index contributed by atoms with van der Waals surface area (Å²) in [4.78, 5) is 14.3. The van der Waals surface area contributed by atoms with Crippen LogP contribution >= 0.6 is 0 Å². The Morgan fingerprint density at radius 3 is 2.24 bits per heavy atom. The molecule has 21 heavy (non-hydrogen) atoms. The topological polar surface area (TPSA) is 52.6 Å². The van der Waals surface area contributed by atoms with Gasteiger partial charge in [0.05, 0.1) is 0 Å². The van der Waals surface area contributed by atoms with Crippen LogP contribution < -0.4 is 5.32 Å². The molecule has 0 saturated heterocycles. The third-order valence-electron chi connectivity index (χ3n) is 5.61. The lowest BCUT2D eigenvalue weighted by Crippen LogP contribution is -2.49. The Balaban J connectivity index is 1.75. The first kappa shape index (κ1) is 16.6. The van der Waals surface area contributed by atoms with Crippen LogP contribution in [-0.4, -0.2) is 41.8 Å². The van der Waals surface area contributed by atoms with Gasteiger partial charge >= 0.3 is 6.03 Å². The van der Waals surface area contributed by atoms with E-state index in [1.807, 2.05) is 11.9 Å². The highest BCUT2D eigenvalue weighted by Crippen LogP contribution is 2.35. The zero-order valence-corrected chi connectivity index (χ0v) is 13.9. The van der Waals surface area contributed by atoms with Crippen LogP contribution in [0.15, 0.2) is 0 Å². The summed E-state index contributed by atoms with van der Waals surface area (Å²) >= 11 is 0. The summed E-state index contributed by atoms with van der Waals surface area (Å²) < 4.78 is 0. The zero-order valence-electron chi connectivity index (χ0n) is 13.9. The lowest BCUT2D eigenvalue weighted by molar-refractivity contribution is 0.128. The van der Waals surface area contributed by atoms with Gasteiger partial charge in [-0.1, -0.05) is 13.8 Å². The molecule has 0 atom stereocenters. The van der Waals surface area contributed by atoms with E-state index in [9.17, 15) is 9.90 Å². The van der Waals surface area contributed by atoms with Gasteiger partial charge in [0.2, 0.25) is 0 Å². The third-order valence-corrected chi connectivity index (χ3v) is 5.61. The van der Waals surface area contributed by atoms with Gasteiger partial charge in [-0.15, -0.1) is 0 Å². The molecule has 2 aliphatic carbocycles. The third kappa shape index (κ3) is 4.60. The maximum atomic E-state index is 12.4. The molecule has 4 nitrogen and oxygen atoms in total. The molecule has 122 valence electrons. The van der Waals surface area contributed by atoms with Crippen molar-refractivity contribution in [3.05, 3.63) is 0 Å². The van der Waals surface area contributed by atoms with Gasteiger partial charge < -0.3 is 15.3 Å². The van der Waals surface area contributed by atoms with Crippen LogP contribution in [0.1, 0.15) is 65.2 Å². The molecule has 2 N–H and O–H groups in total. The number of urea groups is 1. The second kappa shape index (κ2) is 6.99. The fraction of sp³-hybridized carbons (Fsp3) is 0.941. The minimum absolute atomic E-state index is 0.0900. The molecule has 2 rings (SSSR count). The van der Waals surface area contributed by atoms with Gasteiger partial charge in [-0.2, -0.15) is 0 Å². The number of rotatable bonds is 3. The molecule has 0 aromatic carbocycles. The molecule has 0 unspecified atom stereocenters. The number of nitrogens with zero attached hydrogens (tertiary/aromatic N) is 1. The highest BCUT2D eigenvalue weighted by atomic mass is 16.3. The molecule has 2 aliphatic rings. The van der Waals surface area contributed by atoms with Gasteiger partial charge in [0.15, 0.2) is 0 Å². The van der Waals surface area contributed by atoms with Crippen molar-refractivity contribution in [1.82, 2.24) is 10.2 Å². The molecule has 2 amide bonds. The van der Waals surface area contributed by atoms with Gasteiger partial charge in [0, 0.05) is 25.7 Å². The monoisotopic (exact) mass is 296 g/mol. The first-order valence-electron chi connectivity index (χ1n) is 8.55. The largest absolute Gasteiger partial charge is 0.396 e. The van der Waals surface area contributed by atoms with Crippen molar-refractivity contribution < 1.29 is 9.90 Å². The van der Waals surface area contributed by atoms with Crippen LogP contribution in [0, 0.1) is 11.3 Å². The Bertz CT molecular complexity index is 339. The summed E-state index contributed by atoms with van der Waals surface area (Å²) in [5.41, 5.74) is 0.440. The SMILES string of the molecule is CN(C(=O)NC1CCC(C)(C)CC1)C1CCC(CO)CC1. The Kier molecular flexibility index (Phi) is 5.53. The maximum absolute atomic E-state index is 12.4. The van der Waals surface area contributed by atoms with Crippen molar-refractivity contribution in [2.24, 2.45) is 11.3 Å². The number of carbonyl (C=O) groups is 1. The molecule has 4 heteroatoms. The summed E-state index contributed by atoms with van der Waals surface area (Å²) in [5, 5.41) is 12.4. The van der Waals surface area contributed by atoms with Gasteiger partial charge in [-0.05, 0) is 62.7 Å². The average molecular weight is 296 g/mol. The van der Waals surface area contributed by atoms with Crippen molar-refractivity contribution in [1.29, 1.82) is 0 Å². The van der Waals surface area contributed by atoms with E-state index in [0.29, 0.717) is 30.0 Å². The van der Waals surface area contributed by atoms with Crippen LogP contribution in [-0.2, 0) is 0 Å². The highest BCUT2D eigenvalue weighted by Gasteiger charge is 2.30. The zero-order chi connectivity index (χ0) is 15.5. The first-order valence-corrected chi connectivity index (χ1v) is 8.55. The number of aliphatic hydroxyl groups is 1. The summed E-state index contributed by atoms with van der Waals surface area (Å²) in [7, 11) is 1.92. The van der Waals surface area contributed by atoms with Crippen LogP contribution in [0.4, 0.5) is 4.79 Å². The van der Waals surface area contributed by atoms with E-state index in [1.54, 1.807) is 0 Å². The van der Waals surface area contributed by atoms with E-state index < -0.39 is 0 Å². The smallest absolute Gasteiger partial charge is 0.317 e. The van der Waals surface area contributed by atoms with Crippen LogP contribution in [0.3, 0.4) is 0 Å². The molecule has 2 fully saturated rings. The molecule has 2 saturated carbocycles. The number of hydrogen-bond donors (Lipinski definition) is 2. The average Bonchev–Trinajstić information content (AvgIpc) is 2.48. The fourth-order valence-corrected chi connectivity index (χ4v) is 3.70. The minimum Gasteiger partial charge on any atom is -0.396 e. The second-order valence-corrected chi connectivity index (χ2v) is 7.86. The van der Waals surface area contributed by atoms with Gasteiger partial charge in [0.1, 0.15) is 0 Å². The minimum atomic E-state index is 0.0900. The van der Waals surface area contributed by atoms with E-state index in [2.05, 4.69) is 19.2 Å². The van der Waals surface area contributed by atoms with Crippen molar-refractivity contribution in [3.63, 3.8) is 0 Å². The van der Waals surface area contributed by atoms with E-state index in [4.69, 9.17) is 0 Å². The summed E-state index contributed by atoms with van der Waals surface area (Å²) in [6, 6.07) is 0.779. The van der Waals surface area contributed by atoms with E-state index in [-0.39, 0.29) is 6.03 Å². The molecule has 0 spiro atoms. The highest BCUT2D eigenvalue weighted by molar-refractivity contribution is 5.74.